The van der Waals surface area contributed by atoms with Gasteiger partial charge in [-0.05, 0) is 0 Å². The Balaban J connectivity index is 1.57. The SMILES string of the molecule is OC[C@@H]1O[C@@H](O[C@@H]2[C@@H](O)[C@H](OC[C@@H]3OC(O)[C@H](O)[C@H]3O)O[C@H]2CO)[C@H](O)[C@H]1O. The maximum absolute atomic E-state index is 10.4. The van der Waals surface area contributed by atoms with E-state index in [-0.39, 0.29) is 6.61 Å². The fraction of sp³-hybridized carbons (Fsp3) is 1.00. The molecule has 0 aromatic carbocycles. The monoisotopic (exact) mass is 414 g/mol. The highest BCUT2D eigenvalue weighted by Crippen LogP contribution is 2.31. The Morgan fingerprint density at radius 2 is 1.21 bits per heavy atom. The Morgan fingerprint density at radius 3 is 1.75 bits per heavy atom. The van der Waals surface area contributed by atoms with Crippen LogP contribution >= 0.6 is 0 Å². The zero-order valence-electron chi connectivity index (χ0n) is 14.7. The van der Waals surface area contributed by atoms with Gasteiger partial charge in [-0.25, -0.2) is 0 Å². The molecule has 28 heavy (non-hydrogen) atoms. The number of hydrogen-bond donors (Lipinski definition) is 8. The fourth-order valence-corrected chi connectivity index (χ4v) is 3.35. The Kier molecular flexibility index (Phi) is 7.20. The zero-order chi connectivity index (χ0) is 20.6. The van der Waals surface area contributed by atoms with Crippen molar-refractivity contribution in [2.45, 2.75) is 73.8 Å². The maximum Gasteiger partial charge on any atom is 0.187 e. The molecule has 8 N–H and O–H groups in total. The molecule has 3 fully saturated rings. The van der Waals surface area contributed by atoms with Crippen molar-refractivity contribution in [2.24, 2.45) is 0 Å². The third-order valence-electron chi connectivity index (χ3n) is 5.02. The number of ether oxygens (including phenoxy) is 5. The van der Waals surface area contributed by atoms with Crippen molar-refractivity contribution in [1.29, 1.82) is 0 Å². The Morgan fingerprint density at radius 1 is 0.607 bits per heavy atom. The van der Waals surface area contributed by atoms with Gasteiger partial charge in [0.25, 0.3) is 0 Å². The molecule has 0 aliphatic carbocycles. The molecular formula is C15H26O13. The number of hydrogen-bond acceptors (Lipinski definition) is 13. The Labute approximate surface area is 159 Å². The molecule has 3 rings (SSSR count). The molecule has 13 nitrogen and oxygen atoms in total. The minimum Gasteiger partial charge on any atom is -0.394 e. The first-order valence-electron chi connectivity index (χ1n) is 8.82. The van der Waals surface area contributed by atoms with Crippen molar-refractivity contribution in [3.05, 3.63) is 0 Å². The van der Waals surface area contributed by atoms with Crippen LogP contribution in [0.15, 0.2) is 0 Å². The van der Waals surface area contributed by atoms with Gasteiger partial charge in [-0.2, -0.15) is 0 Å². The van der Waals surface area contributed by atoms with E-state index in [1.54, 1.807) is 0 Å². The Hall–Kier alpha value is -0.520. The molecule has 3 aliphatic heterocycles. The smallest absolute Gasteiger partial charge is 0.187 e. The summed E-state index contributed by atoms with van der Waals surface area (Å²) in [5.74, 6) is 0. The van der Waals surface area contributed by atoms with Crippen molar-refractivity contribution < 1.29 is 64.5 Å². The lowest BCUT2D eigenvalue weighted by Gasteiger charge is -2.25. The van der Waals surface area contributed by atoms with Crippen molar-refractivity contribution in [3.63, 3.8) is 0 Å². The minimum absolute atomic E-state index is 0.351. The van der Waals surface area contributed by atoms with Crippen LogP contribution in [-0.4, -0.2) is 134 Å². The van der Waals surface area contributed by atoms with Crippen molar-refractivity contribution in [2.75, 3.05) is 19.8 Å². The lowest BCUT2D eigenvalue weighted by Crippen LogP contribution is -2.44. The molecule has 0 radical (unpaired) electrons. The molecule has 0 amide bonds. The van der Waals surface area contributed by atoms with E-state index in [1.165, 1.54) is 0 Å². The second kappa shape index (κ2) is 9.09. The second-order valence-corrected chi connectivity index (χ2v) is 6.90. The van der Waals surface area contributed by atoms with Gasteiger partial charge in [-0.1, -0.05) is 0 Å². The molecule has 0 saturated carbocycles. The van der Waals surface area contributed by atoms with Gasteiger partial charge in [0.15, 0.2) is 18.9 Å². The van der Waals surface area contributed by atoms with Gasteiger partial charge in [0.1, 0.15) is 54.9 Å². The third kappa shape index (κ3) is 4.17. The molecule has 3 heterocycles. The fourth-order valence-electron chi connectivity index (χ4n) is 3.35. The lowest BCUT2D eigenvalue weighted by molar-refractivity contribution is -0.216. The van der Waals surface area contributed by atoms with Gasteiger partial charge >= 0.3 is 0 Å². The molecule has 3 saturated heterocycles. The van der Waals surface area contributed by atoms with Gasteiger partial charge in [0, 0.05) is 0 Å². The largest absolute Gasteiger partial charge is 0.394 e. The van der Waals surface area contributed by atoms with Gasteiger partial charge in [0.2, 0.25) is 0 Å². The minimum atomic E-state index is -1.58. The van der Waals surface area contributed by atoms with E-state index in [1.807, 2.05) is 0 Å². The quantitative estimate of drug-likeness (QED) is 0.196. The summed E-state index contributed by atoms with van der Waals surface area (Å²) in [6.07, 6.45) is -15.9. The van der Waals surface area contributed by atoms with Crippen LogP contribution in [0, 0.1) is 0 Å². The summed E-state index contributed by atoms with van der Waals surface area (Å²) >= 11 is 0. The number of rotatable bonds is 7. The zero-order valence-corrected chi connectivity index (χ0v) is 14.7. The molecule has 0 spiro atoms. The maximum atomic E-state index is 10.4. The molecular weight excluding hydrogens is 388 g/mol. The summed E-state index contributed by atoms with van der Waals surface area (Å²) in [4.78, 5) is 0. The highest BCUT2D eigenvalue weighted by Gasteiger charge is 2.51. The van der Waals surface area contributed by atoms with E-state index in [0.29, 0.717) is 0 Å². The average Bonchev–Trinajstić information content (AvgIpc) is 3.23. The van der Waals surface area contributed by atoms with Crippen LogP contribution in [0.1, 0.15) is 0 Å². The first kappa shape index (κ1) is 22.2. The normalized spacial score (nSPS) is 51.9. The summed E-state index contributed by atoms with van der Waals surface area (Å²) < 4.78 is 26.2. The first-order valence-corrected chi connectivity index (χ1v) is 8.82. The van der Waals surface area contributed by atoms with E-state index in [2.05, 4.69) is 0 Å². The molecule has 0 bridgehead atoms. The van der Waals surface area contributed by atoms with Crippen molar-refractivity contribution >= 4 is 0 Å². The molecule has 164 valence electrons. The van der Waals surface area contributed by atoms with Crippen LogP contribution in [0.5, 0.6) is 0 Å². The van der Waals surface area contributed by atoms with Gasteiger partial charge in [-0.15, -0.1) is 0 Å². The van der Waals surface area contributed by atoms with E-state index >= 15 is 0 Å². The second-order valence-electron chi connectivity index (χ2n) is 6.90. The Bertz CT molecular complexity index is 508. The molecule has 0 aromatic rings. The lowest BCUT2D eigenvalue weighted by atomic mass is 10.1. The first-order chi connectivity index (χ1) is 13.3. The molecule has 13 heteroatoms. The van der Waals surface area contributed by atoms with Gasteiger partial charge in [-0.3, -0.25) is 0 Å². The number of aliphatic hydroxyl groups excluding tert-OH is 8. The van der Waals surface area contributed by atoms with E-state index in [4.69, 9.17) is 28.8 Å². The van der Waals surface area contributed by atoms with Crippen molar-refractivity contribution in [3.8, 4) is 0 Å². The summed E-state index contributed by atoms with van der Waals surface area (Å²) in [7, 11) is 0. The standard InChI is InChI=1S/C15H26O13/c16-1-4-7(18)10(21)15(26-4)28-12-5(2-17)27-14(11(12)22)24-3-6-8(19)9(20)13(23)25-6/h4-23H,1-3H2/t4-,5-,6-,7-,8-,9+,10+,11+,12-,13?,14+,15-/m0/s1. The predicted octanol–water partition coefficient (Wildman–Crippen LogP) is -5.66. The highest BCUT2D eigenvalue weighted by atomic mass is 16.8. The highest BCUT2D eigenvalue weighted by molar-refractivity contribution is 4.93. The third-order valence-corrected chi connectivity index (χ3v) is 5.02. The van der Waals surface area contributed by atoms with E-state index < -0.39 is 87.0 Å². The van der Waals surface area contributed by atoms with Crippen LogP contribution in [0.3, 0.4) is 0 Å². The summed E-state index contributed by atoms with van der Waals surface area (Å²) in [6, 6.07) is 0. The topological polar surface area (TPSA) is 208 Å². The summed E-state index contributed by atoms with van der Waals surface area (Å²) in [5.41, 5.74) is 0. The summed E-state index contributed by atoms with van der Waals surface area (Å²) in [6.45, 7) is -1.48. The molecule has 12 atom stereocenters. The van der Waals surface area contributed by atoms with Crippen molar-refractivity contribution in [1.82, 2.24) is 0 Å². The van der Waals surface area contributed by atoms with Gasteiger partial charge < -0.3 is 64.5 Å². The van der Waals surface area contributed by atoms with Gasteiger partial charge in [0.05, 0.1) is 19.8 Å². The van der Waals surface area contributed by atoms with E-state index in [9.17, 15) is 35.7 Å². The van der Waals surface area contributed by atoms with E-state index in [0.717, 1.165) is 0 Å². The molecule has 3 aliphatic rings. The molecule has 1 unspecified atom stereocenters. The predicted molar refractivity (Wildman–Crippen MR) is 83.2 cm³/mol. The van der Waals surface area contributed by atoms with Crippen LogP contribution in [-0.2, 0) is 23.7 Å². The van der Waals surface area contributed by atoms with Crippen LogP contribution in [0.4, 0.5) is 0 Å². The molecule has 0 aromatic heterocycles. The average molecular weight is 414 g/mol. The number of aliphatic hydroxyl groups is 8. The van der Waals surface area contributed by atoms with Crippen LogP contribution in [0.25, 0.3) is 0 Å². The van der Waals surface area contributed by atoms with Crippen LogP contribution < -0.4 is 0 Å². The van der Waals surface area contributed by atoms with Crippen LogP contribution in [0.2, 0.25) is 0 Å². The summed E-state index contributed by atoms with van der Waals surface area (Å²) in [5, 5.41) is 77.2.